The molecule has 0 radical (unpaired) electrons. The molecule has 0 fully saturated rings. The molecule has 4 rings (SSSR count). The monoisotopic (exact) mass is 422 g/mol. The third-order valence-electron chi connectivity index (χ3n) is 5.75. The number of ether oxygens (including phenoxy) is 1. The summed E-state index contributed by atoms with van der Waals surface area (Å²) in [5.74, 6) is 2.43. The molecule has 0 saturated carbocycles. The molecule has 0 heterocycles. The van der Waals surface area contributed by atoms with Crippen LogP contribution in [0.2, 0.25) is 0 Å². The van der Waals surface area contributed by atoms with E-state index in [4.69, 9.17) is 4.74 Å². The van der Waals surface area contributed by atoms with E-state index in [0.717, 1.165) is 11.5 Å². The van der Waals surface area contributed by atoms with Gasteiger partial charge in [0.1, 0.15) is 11.5 Å². The minimum atomic E-state index is 0.704. The highest BCUT2D eigenvalue weighted by molar-refractivity contribution is 5.64. The molecule has 32 heavy (non-hydrogen) atoms. The fourth-order valence-corrected chi connectivity index (χ4v) is 3.33. The Labute approximate surface area is 193 Å². The van der Waals surface area contributed by atoms with Crippen molar-refractivity contribution in [2.24, 2.45) is 0 Å². The van der Waals surface area contributed by atoms with Gasteiger partial charge >= 0.3 is 0 Å². The number of aryl methyl sites for hydroxylation is 3. The Balaban J connectivity index is 0.000000222. The van der Waals surface area contributed by atoms with Crippen molar-refractivity contribution in [1.29, 1.82) is 0 Å². The summed E-state index contributed by atoms with van der Waals surface area (Å²) in [5.41, 5.74) is 7.74. The molecule has 0 N–H and O–H groups in total. The Kier molecular flexibility index (Phi) is 8.27. The maximum atomic E-state index is 5.84. The van der Waals surface area contributed by atoms with Crippen molar-refractivity contribution >= 4 is 0 Å². The van der Waals surface area contributed by atoms with Crippen molar-refractivity contribution in [3.05, 3.63) is 119 Å². The first-order valence-electron chi connectivity index (χ1n) is 11.4. The zero-order valence-corrected chi connectivity index (χ0v) is 19.9. The SMILES string of the molecule is CCC(C)c1ccc(C)cc1.Cc1ccc(Oc2ccc(-c3ccc(C)cc3)cc2)cc1. The van der Waals surface area contributed by atoms with Crippen LogP contribution in [0.15, 0.2) is 97.1 Å². The van der Waals surface area contributed by atoms with Crippen molar-refractivity contribution in [2.75, 3.05) is 0 Å². The van der Waals surface area contributed by atoms with Gasteiger partial charge < -0.3 is 4.74 Å². The summed E-state index contributed by atoms with van der Waals surface area (Å²) < 4.78 is 5.84. The molecule has 0 aliphatic heterocycles. The summed E-state index contributed by atoms with van der Waals surface area (Å²) in [7, 11) is 0. The van der Waals surface area contributed by atoms with E-state index in [-0.39, 0.29) is 0 Å². The summed E-state index contributed by atoms with van der Waals surface area (Å²) in [6, 6.07) is 33.6. The average Bonchev–Trinajstić information content (AvgIpc) is 2.82. The Hall–Kier alpha value is -3.32. The van der Waals surface area contributed by atoms with E-state index < -0.39 is 0 Å². The van der Waals surface area contributed by atoms with Gasteiger partial charge in [0.25, 0.3) is 0 Å². The van der Waals surface area contributed by atoms with Gasteiger partial charge in [-0.3, -0.25) is 0 Å². The van der Waals surface area contributed by atoms with Crippen molar-refractivity contribution in [2.45, 2.75) is 47.0 Å². The van der Waals surface area contributed by atoms with Gasteiger partial charge in [-0.05, 0) is 74.1 Å². The molecule has 0 bridgehead atoms. The Morgan fingerprint density at radius 3 is 1.31 bits per heavy atom. The lowest BCUT2D eigenvalue weighted by atomic mass is 9.98. The molecule has 0 aromatic heterocycles. The zero-order chi connectivity index (χ0) is 22.9. The first-order chi connectivity index (χ1) is 15.4. The van der Waals surface area contributed by atoms with Crippen LogP contribution in [0.3, 0.4) is 0 Å². The second kappa shape index (κ2) is 11.3. The minimum absolute atomic E-state index is 0.704. The highest BCUT2D eigenvalue weighted by atomic mass is 16.5. The number of rotatable bonds is 5. The molecule has 1 atom stereocenters. The molecule has 164 valence electrons. The Morgan fingerprint density at radius 2 is 0.875 bits per heavy atom. The molecule has 1 nitrogen and oxygen atoms in total. The highest BCUT2D eigenvalue weighted by Gasteiger charge is 2.01. The summed E-state index contributed by atoms with van der Waals surface area (Å²) in [6.07, 6.45) is 1.23. The predicted octanol–water partition coefficient (Wildman–Crippen LogP) is 9.27. The average molecular weight is 423 g/mol. The predicted molar refractivity (Wildman–Crippen MR) is 138 cm³/mol. The van der Waals surface area contributed by atoms with Gasteiger partial charge in [-0.15, -0.1) is 0 Å². The van der Waals surface area contributed by atoms with E-state index in [1.54, 1.807) is 0 Å². The molecule has 0 spiro atoms. The molecular formula is C31H34O. The van der Waals surface area contributed by atoms with Gasteiger partial charge in [-0.1, -0.05) is 103 Å². The van der Waals surface area contributed by atoms with Crippen LogP contribution in [-0.4, -0.2) is 0 Å². The van der Waals surface area contributed by atoms with Gasteiger partial charge in [-0.25, -0.2) is 0 Å². The fraction of sp³-hybridized carbons (Fsp3) is 0.226. The molecule has 4 aromatic carbocycles. The van der Waals surface area contributed by atoms with Crippen LogP contribution >= 0.6 is 0 Å². The van der Waals surface area contributed by atoms with E-state index >= 15 is 0 Å². The second-order valence-electron chi connectivity index (χ2n) is 8.53. The fourth-order valence-electron chi connectivity index (χ4n) is 3.33. The van der Waals surface area contributed by atoms with Crippen molar-refractivity contribution < 1.29 is 4.74 Å². The van der Waals surface area contributed by atoms with Crippen LogP contribution in [0.4, 0.5) is 0 Å². The molecule has 4 aromatic rings. The normalized spacial score (nSPS) is 11.3. The topological polar surface area (TPSA) is 9.23 Å². The van der Waals surface area contributed by atoms with Gasteiger partial charge in [0.2, 0.25) is 0 Å². The van der Waals surface area contributed by atoms with Gasteiger partial charge in [0.05, 0.1) is 0 Å². The molecule has 0 aliphatic carbocycles. The summed E-state index contributed by atoms with van der Waals surface area (Å²) >= 11 is 0. The third-order valence-corrected chi connectivity index (χ3v) is 5.75. The first-order valence-corrected chi connectivity index (χ1v) is 11.4. The van der Waals surface area contributed by atoms with Crippen molar-refractivity contribution in [3.63, 3.8) is 0 Å². The van der Waals surface area contributed by atoms with Crippen LogP contribution in [-0.2, 0) is 0 Å². The van der Waals surface area contributed by atoms with E-state index in [0.29, 0.717) is 5.92 Å². The van der Waals surface area contributed by atoms with Gasteiger partial charge in [-0.2, -0.15) is 0 Å². The summed E-state index contributed by atoms with van der Waals surface area (Å²) in [5, 5.41) is 0. The largest absolute Gasteiger partial charge is 0.457 e. The first kappa shape index (κ1) is 23.3. The lowest BCUT2D eigenvalue weighted by Gasteiger charge is -2.07. The Morgan fingerprint density at radius 1 is 0.531 bits per heavy atom. The molecule has 0 amide bonds. The number of hydrogen-bond donors (Lipinski definition) is 0. The third kappa shape index (κ3) is 6.85. The smallest absolute Gasteiger partial charge is 0.127 e. The molecule has 0 aliphatic rings. The van der Waals surface area contributed by atoms with E-state index in [1.807, 2.05) is 24.3 Å². The summed E-state index contributed by atoms with van der Waals surface area (Å²) in [6.45, 7) is 10.8. The van der Waals surface area contributed by atoms with Crippen LogP contribution in [0.1, 0.15) is 48.4 Å². The van der Waals surface area contributed by atoms with E-state index in [2.05, 4.69) is 107 Å². The second-order valence-corrected chi connectivity index (χ2v) is 8.53. The van der Waals surface area contributed by atoms with Crippen molar-refractivity contribution in [3.8, 4) is 22.6 Å². The lowest BCUT2D eigenvalue weighted by molar-refractivity contribution is 0.482. The molecule has 1 unspecified atom stereocenters. The molecular weight excluding hydrogens is 388 g/mol. The number of hydrogen-bond acceptors (Lipinski definition) is 1. The standard InChI is InChI=1S/C20H18O.C11H16/c1-15-3-7-17(8-4-15)18-9-13-20(14-10-18)21-19-11-5-16(2)6-12-19;1-4-10(3)11-7-5-9(2)6-8-11/h3-14H,1-2H3;5-8,10H,4H2,1-3H3. The number of benzene rings is 4. The lowest BCUT2D eigenvalue weighted by Crippen LogP contribution is -1.89. The Bertz CT molecular complexity index is 1070. The minimum Gasteiger partial charge on any atom is -0.457 e. The van der Waals surface area contributed by atoms with Crippen LogP contribution in [0.5, 0.6) is 11.5 Å². The molecule has 0 saturated heterocycles. The molecule has 1 heteroatoms. The van der Waals surface area contributed by atoms with E-state index in [9.17, 15) is 0 Å². The maximum Gasteiger partial charge on any atom is 0.127 e. The van der Waals surface area contributed by atoms with Gasteiger partial charge in [0.15, 0.2) is 0 Å². The summed E-state index contributed by atoms with van der Waals surface area (Å²) in [4.78, 5) is 0. The highest BCUT2D eigenvalue weighted by Crippen LogP contribution is 2.26. The quantitative estimate of drug-likeness (QED) is 0.311. The van der Waals surface area contributed by atoms with Crippen LogP contribution in [0.25, 0.3) is 11.1 Å². The maximum absolute atomic E-state index is 5.84. The van der Waals surface area contributed by atoms with Gasteiger partial charge in [0, 0.05) is 0 Å². The van der Waals surface area contributed by atoms with Crippen LogP contribution in [0, 0.1) is 20.8 Å². The zero-order valence-electron chi connectivity index (χ0n) is 19.9. The van der Waals surface area contributed by atoms with Crippen LogP contribution < -0.4 is 4.74 Å². The van der Waals surface area contributed by atoms with Crippen molar-refractivity contribution in [1.82, 2.24) is 0 Å². The van der Waals surface area contributed by atoms with E-state index in [1.165, 1.54) is 39.8 Å².